The number of ether oxygens (including phenoxy) is 2. The van der Waals surface area contributed by atoms with E-state index in [4.69, 9.17) is 9.47 Å². The average molecular weight is 416 g/mol. The number of hydrogen-bond acceptors (Lipinski definition) is 5. The lowest BCUT2D eigenvalue weighted by atomic mass is 10.2. The lowest BCUT2D eigenvalue weighted by Crippen LogP contribution is -2.20. The van der Waals surface area contributed by atoms with Gasteiger partial charge in [0, 0.05) is 13.2 Å². The summed E-state index contributed by atoms with van der Waals surface area (Å²) >= 11 is 1.25. The monoisotopic (exact) mass is 416 g/mol. The number of esters is 1. The SMILES string of the molecule is CCOCCn1c(=NC(=O)c2ccccc2F)sc2cc(C(=O)OCC)ccc21. The van der Waals surface area contributed by atoms with Crippen LogP contribution in [-0.2, 0) is 16.0 Å². The first-order chi connectivity index (χ1) is 14.0. The molecule has 0 fully saturated rings. The molecule has 0 aliphatic heterocycles. The standard InChI is InChI=1S/C21H21FN2O4S/c1-3-27-12-11-24-17-10-9-14(20(26)28-4-2)13-18(17)29-21(24)23-19(25)15-7-5-6-8-16(15)22/h5-10,13H,3-4,11-12H2,1-2H3. The fraction of sp³-hybridized carbons (Fsp3) is 0.286. The Hall–Kier alpha value is -2.84. The quantitative estimate of drug-likeness (QED) is 0.434. The van der Waals surface area contributed by atoms with Crippen LogP contribution in [0.25, 0.3) is 10.2 Å². The Bertz CT molecular complexity index is 1100. The molecule has 0 N–H and O–H groups in total. The van der Waals surface area contributed by atoms with Crippen molar-refractivity contribution in [1.82, 2.24) is 4.57 Å². The van der Waals surface area contributed by atoms with Crippen LogP contribution in [0.1, 0.15) is 34.6 Å². The minimum absolute atomic E-state index is 0.0893. The van der Waals surface area contributed by atoms with E-state index >= 15 is 0 Å². The second-order valence-corrected chi connectivity index (χ2v) is 7.04. The molecule has 0 bridgehead atoms. The van der Waals surface area contributed by atoms with Crippen LogP contribution in [0.15, 0.2) is 47.5 Å². The molecular formula is C21H21FN2O4S. The molecular weight excluding hydrogens is 395 g/mol. The number of amides is 1. The van der Waals surface area contributed by atoms with Crippen LogP contribution < -0.4 is 4.80 Å². The van der Waals surface area contributed by atoms with Crippen molar-refractivity contribution in [3.63, 3.8) is 0 Å². The predicted molar refractivity (Wildman–Crippen MR) is 109 cm³/mol. The Morgan fingerprint density at radius 1 is 1.14 bits per heavy atom. The van der Waals surface area contributed by atoms with Gasteiger partial charge in [-0.3, -0.25) is 4.79 Å². The zero-order valence-electron chi connectivity index (χ0n) is 16.2. The zero-order valence-corrected chi connectivity index (χ0v) is 17.0. The van der Waals surface area contributed by atoms with Crippen molar-refractivity contribution in [2.75, 3.05) is 19.8 Å². The number of rotatable bonds is 7. The second kappa shape index (κ2) is 9.58. The molecule has 0 radical (unpaired) electrons. The van der Waals surface area contributed by atoms with Gasteiger partial charge in [0.1, 0.15) is 5.82 Å². The van der Waals surface area contributed by atoms with E-state index < -0.39 is 17.7 Å². The summed E-state index contributed by atoms with van der Waals surface area (Å²) in [6.07, 6.45) is 0. The Balaban J connectivity index is 2.08. The van der Waals surface area contributed by atoms with Crippen molar-refractivity contribution in [1.29, 1.82) is 0 Å². The molecule has 0 atom stereocenters. The fourth-order valence-corrected chi connectivity index (χ4v) is 3.89. The summed E-state index contributed by atoms with van der Waals surface area (Å²) in [5.41, 5.74) is 1.14. The Morgan fingerprint density at radius 3 is 2.66 bits per heavy atom. The molecule has 0 unspecified atom stereocenters. The molecule has 0 spiro atoms. The summed E-state index contributed by atoms with van der Waals surface area (Å²) in [6, 6.07) is 10.9. The molecule has 0 aliphatic carbocycles. The van der Waals surface area contributed by atoms with Gasteiger partial charge in [-0.25, -0.2) is 9.18 Å². The molecule has 6 nitrogen and oxygen atoms in total. The number of fused-ring (bicyclic) bond motifs is 1. The molecule has 0 saturated heterocycles. The van der Waals surface area contributed by atoms with Crippen molar-refractivity contribution < 1.29 is 23.5 Å². The maximum Gasteiger partial charge on any atom is 0.338 e. The molecule has 0 saturated carbocycles. The van der Waals surface area contributed by atoms with Gasteiger partial charge < -0.3 is 14.0 Å². The van der Waals surface area contributed by atoms with E-state index in [-0.39, 0.29) is 12.2 Å². The van der Waals surface area contributed by atoms with E-state index in [1.54, 1.807) is 31.2 Å². The number of thiazole rings is 1. The van der Waals surface area contributed by atoms with E-state index in [0.29, 0.717) is 30.1 Å². The summed E-state index contributed by atoms with van der Waals surface area (Å²) in [5, 5.41) is 0. The van der Waals surface area contributed by atoms with Crippen molar-refractivity contribution in [3.8, 4) is 0 Å². The van der Waals surface area contributed by atoms with Crippen molar-refractivity contribution in [3.05, 3.63) is 64.2 Å². The van der Waals surface area contributed by atoms with E-state index in [9.17, 15) is 14.0 Å². The Kier molecular flexibility index (Phi) is 6.90. The smallest absolute Gasteiger partial charge is 0.338 e. The number of hydrogen-bond donors (Lipinski definition) is 0. The third-order valence-electron chi connectivity index (χ3n) is 4.16. The van der Waals surface area contributed by atoms with Gasteiger partial charge in [-0.2, -0.15) is 4.99 Å². The number of carbonyl (C=O) groups excluding carboxylic acids is 2. The number of benzene rings is 2. The summed E-state index contributed by atoms with van der Waals surface area (Å²) in [4.78, 5) is 29.1. The topological polar surface area (TPSA) is 69.9 Å². The largest absolute Gasteiger partial charge is 0.462 e. The summed E-state index contributed by atoms with van der Waals surface area (Å²) < 4.78 is 27.0. The summed E-state index contributed by atoms with van der Waals surface area (Å²) in [5.74, 6) is -1.69. The molecule has 152 valence electrons. The molecule has 1 aromatic heterocycles. The maximum atomic E-state index is 14.0. The number of aromatic nitrogens is 1. The Labute approximate surface area is 171 Å². The molecule has 2 aromatic carbocycles. The average Bonchev–Trinajstić information content (AvgIpc) is 3.05. The third kappa shape index (κ3) is 4.78. The number of carbonyl (C=O) groups is 2. The molecule has 1 heterocycles. The highest BCUT2D eigenvalue weighted by atomic mass is 32.1. The first kappa shape index (κ1) is 20.9. The number of nitrogens with zero attached hydrogens (tertiary/aromatic N) is 2. The molecule has 0 aliphatic rings. The van der Waals surface area contributed by atoms with E-state index in [0.717, 1.165) is 10.2 Å². The highest BCUT2D eigenvalue weighted by molar-refractivity contribution is 7.16. The van der Waals surface area contributed by atoms with Crippen LogP contribution in [0.3, 0.4) is 0 Å². The van der Waals surface area contributed by atoms with Gasteiger partial charge >= 0.3 is 5.97 Å². The first-order valence-electron chi connectivity index (χ1n) is 9.27. The number of halogens is 1. The van der Waals surface area contributed by atoms with Crippen LogP contribution in [0.4, 0.5) is 4.39 Å². The highest BCUT2D eigenvalue weighted by Gasteiger charge is 2.14. The molecule has 1 amide bonds. The minimum atomic E-state index is -0.662. The van der Waals surface area contributed by atoms with Crippen LogP contribution in [0, 0.1) is 5.82 Å². The zero-order chi connectivity index (χ0) is 20.8. The van der Waals surface area contributed by atoms with Crippen LogP contribution in [0.2, 0.25) is 0 Å². The van der Waals surface area contributed by atoms with Gasteiger partial charge in [0.15, 0.2) is 4.80 Å². The molecule has 3 rings (SSSR count). The first-order valence-corrected chi connectivity index (χ1v) is 10.1. The summed E-state index contributed by atoms with van der Waals surface area (Å²) in [7, 11) is 0. The van der Waals surface area contributed by atoms with Gasteiger partial charge in [0.25, 0.3) is 5.91 Å². The van der Waals surface area contributed by atoms with Gasteiger partial charge in [-0.1, -0.05) is 23.5 Å². The highest BCUT2D eigenvalue weighted by Crippen LogP contribution is 2.20. The normalized spacial score (nSPS) is 11.8. The molecule has 29 heavy (non-hydrogen) atoms. The lowest BCUT2D eigenvalue weighted by molar-refractivity contribution is 0.0526. The summed E-state index contributed by atoms with van der Waals surface area (Å²) in [6.45, 7) is 5.40. The minimum Gasteiger partial charge on any atom is -0.462 e. The van der Waals surface area contributed by atoms with Gasteiger partial charge in [0.05, 0.1) is 34.6 Å². The van der Waals surface area contributed by atoms with Gasteiger partial charge in [-0.15, -0.1) is 0 Å². The van der Waals surface area contributed by atoms with Gasteiger partial charge in [0.2, 0.25) is 0 Å². The fourth-order valence-electron chi connectivity index (χ4n) is 2.80. The van der Waals surface area contributed by atoms with Gasteiger partial charge in [-0.05, 0) is 44.2 Å². The maximum absolute atomic E-state index is 14.0. The van der Waals surface area contributed by atoms with Crippen molar-refractivity contribution >= 4 is 33.4 Å². The Morgan fingerprint density at radius 2 is 1.93 bits per heavy atom. The van der Waals surface area contributed by atoms with E-state index in [2.05, 4.69) is 4.99 Å². The molecule has 8 heteroatoms. The lowest BCUT2D eigenvalue weighted by Gasteiger charge is -2.06. The van der Waals surface area contributed by atoms with Crippen molar-refractivity contribution in [2.45, 2.75) is 20.4 Å². The van der Waals surface area contributed by atoms with Crippen LogP contribution in [-0.4, -0.2) is 36.3 Å². The van der Waals surface area contributed by atoms with E-state index in [1.165, 1.54) is 29.5 Å². The third-order valence-corrected chi connectivity index (χ3v) is 5.20. The second-order valence-electron chi connectivity index (χ2n) is 6.03. The predicted octanol–water partition coefficient (Wildman–Crippen LogP) is 3.80. The van der Waals surface area contributed by atoms with Crippen LogP contribution in [0.5, 0.6) is 0 Å². The molecule has 3 aromatic rings. The van der Waals surface area contributed by atoms with Crippen molar-refractivity contribution in [2.24, 2.45) is 4.99 Å². The van der Waals surface area contributed by atoms with E-state index in [1.807, 2.05) is 11.5 Å². The van der Waals surface area contributed by atoms with Crippen LogP contribution >= 0.6 is 11.3 Å².